The summed E-state index contributed by atoms with van der Waals surface area (Å²) in [6.07, 6.45) is 1.20. The van der Waals surface area contributed by atoms with E-state index >= 15 is 0 Å². The van der Waals surface area contributed by atoms with Gasteiger partial charge < -0.3 is 10.2 Å². The smallest absolute Gasteiger partial charge is 0.0606 e. The molecule has 15 heavy (non-hydrogen) atoms. The lowest BCUT2D eigenvalue weighted by Crippen LogP contribution is -2.41. The van der Waals surface area contributed by atoms with Crippen molar-refractivity contribution in [3.05, 3.63) is 24.3 Å². The van der Waals surface area contributed by atoms with E-state index in [2.05, 4.69) is 55.3 Å². The molecule has 2 heteroatoms. The minimum Gasteiger partial charge on any atom is -0.383 e. The number of fused-ring (bicyclic) bond motifs is 1. The van der Waals surface area contributed by atoms with Crippen molar-refractivity contribution in [2.45, 2.75) is 32.7 Å². The van der Waals surface area contributed by atoms with Crippen molar-refractivity contribution >= 4 is 11.4 Å². The SMILES string of the molecule is CC(C)(C)N1CCCNc2ccccc21. The number of para-hydroxylation sites is 2. The van der Waals surface area contributed by atoms with E-state index in [1.165, 1.54) is 17.8 Å². The van der Waals surface area contributed by atoms with E-state index in [0.29, 0.717) is 0 Å². The Hall–Kier alpha value is -1.18. The van der Waals surface area contributed by atoms with Gasteiger partial charge in [0, 0.05) is 18.6 Å². The summed E-state index contributed by atoms with van der Waals surface area (Å²) in [6, 6.07) is 8.58. The van der Waals surface area contributed by atoms with Crippen LogP contribution in [0.15, 0.2) is 24.3 Å². The fourth-order valence-electron chi connectivity index (χ4n) is 2.14. The Morgan fingerprint density at radius 1 is 1.20 bits per heavy atom. The monoisotopic (exact) mass is 204 g/mol. The van der Waals surface area contributed by atoms with Crippen LogP contribution in [0.3, 0.4) is 0 Å². The van der Waals surface area contributed by atoms with Gasteiger partial charge in [0.1, 0.15) is 0 Å². The van der Waals surface area contributed by atoms with Crippen LogP contribution in [-0.2, 0) is 0 Å². The quantitative estimate of drug-likeness (QED) is 0.698. The Morgan fingerprint density at radius 2 is 1.93 bits per heavy atom. The minimum atomic E-state index is 0.197. The summed E-state index contributed by atoms with van der Waals surface area (Å²) in [6.45, 7) is 9.02. The maximum atomic E-state index is 3.49. The Labute approximate surface area is 92.3 Å². The van der Waals surface area contributed by atoms with Crippen LogP contribution < -0.4 is 10.2 Å². The number of anilines is 2. The third kappa shape index (κ3) is 2.09. The van der Waals surface area contributed by atoms with Gasteiger partial charge in [-0.1, -0.05) is 12.1 Å². The molecule has 2 nitrogen and oxygen atoms in total. The van der Waals surface area contributed by atoms with Gasteiger partial charge in [-0.2, -0.15) is 0 Å². The molecule has 0 saturated carbocycles. The lowest BCUT2D eigenvalue weighted by Gasteiger charge is -2.37. The molecule has 1 aromatic carbocycles. The standard InChI is InChI=1S/C13H20N2/c1-13(2,3)15-10-6-9-14-11-7-4-5-8-12(11)15/h4-5,7-8,14H,6,9-10H2,1-3H3. The maximum absolute atomic E-state index is 3.49. The second-order valence-corrected chi connectivity index (χ2v) is 5.12. The first kappa shape index (κ1) is 10.3. The van der Waals surface area contributed by atoms with Crippen LogP contribution in [0, 0.1) is 0 Å². The Balaban J connectivity index is 2.41. The summed E-state index contributed by atoms with van der Waals surface area (Å²) in [5.74, 6) is 0. The number of rotatable bonds is 0. The summed E-state index contributed by atoms with van der Waals surface area (Å²) < 4.78 is 0. The first-order valence-electron chi connectivity index (χ1n) is 5.69. The van der Waals surface area contributed by atoms with E-state index in [-0.39, 0.29) is 5.54 Å². The van der Waals surface area contributed by atoms with E-state index in [1.54, 1.807) is 0 Å². The van der Waals surface area contributed by atoms with Crippen LogP contribution in [-0.4, -0.2) is 18.6 Å². The molecule has 0 bridgehead atoms. The molecule has 1 aliphatic heterocycles. The van der Waals surface area contributed by atoms with Crippen LogP contribution in [0.25, 0.3) is 0 Å². The van der Waals surface area contributed by atoms with Crippen molar-refractivity contribution in [1.29, 1.82) is 0 Å². The van der Waals surface area contributed by atoms with Crippen molar-refractivity contribution in [3.8, 4) is 0 Å². The predicted octanol–water partition coefficient (Wildman–Crippen LogP) is 3.11. The Bertz CT molecular complexity index is 339. The summed E-state index contributed by atoms with van der Waals surface area (Å²) >= 11 is 0. The summed E-state index contributed by atoms with van der Waals surface area (Å²) in [5, 5.41) is 3.49. The van der Waals surface area contributed by atoms with Gasteiger partial charge in [-0.25, -0.2) is 0 Å². The zero-order chi connectivity index (χ0) is 10.9. The van der Waals surface area contributed by atoms with Crippen LogP contribution >= 0.6 is 0 Å². The lowest BCUT2D eigenvalue weighted by atomic mass is 10.0. The summed E-state index contributed by atoms with van der Waals surface area (Å²) in [5.41, 5.74) is 2.80. The second-order valence-electron chi connectivity index (χ2n) is 5.12. The number of benzene rings is 1. The van der Waals surface area contributed by atoms with Crippen molar-refractivity contribution in [2.75, 3.05) is 23.3 Å². The topological polar surface area (TPSA) is 15.3 Å². The third-order valence-corrected chi connectivity index (χ3v) is 2.88. The van der Waals surface area contributed by atoms with E-state index < -0.39 is 0 Å². The van der Waals surface area contributed by atoms with Crippen molar-refractivity contribution in [2.24, 2.45) is 0 Å². The van der Waals surface area contributed by atoms with E-state index in [1.807, 2.05) is 0 Å². The molecule has 0 unspecified atom stereocenters. The molecule has 0 atom stereocenters. The van der Waals surface area contributed by atoms with Crippen molar-refractivity contribution < 1.29 is 0 Å². The fourth-order valence-corrected chi connectivity index (χ4v) is 2.14. The lowest BCUT2D eigenvalue weighted by molar-refractivity contribution is 0.503. The predicted molar refractivity (Wildman–Crippen MR) is 66.6 cm³/mol. The molecule has 0 amide bonds. The number of hydrogen-bond acceptors (Lipinski definition) is 2. The molecule has 1 N–H and O–H groups in total. The van der Waals surface area contributed by atoms with Crippen LogP contribution in [0.2, 0.25) is 0 Å². The van der Waals surface area contributed by atoms with Gasteiger partial charge in [0.15, 0.2) is 0 Å². The van der Waals surface area contributed by atoms with E-state index in [4.69, 9.17) is 0 Å². The van der Waals surface area contributed by atoms with Crippen LogP contribution in [0.4, 0.5) is 11.4 Å². The first-order valence-corrected chi connectivity index (χ1v) is 5.69. The average molecular weight is 204 g/mol. The highest BCUT2D eigenvalue weighted by atomic mass is 15.2. The minimum absolute atomic E-state index is 0.197. The molecule has 0 aliphatic carbocycles. The average Bonchev–Trinajstić information content (AvgIpc) is 2.38. The van der Waals surface area contributed by atoms with Crippen LogP contribution in [0.5, 0.6) is 0 Å². The molecule has 0 spiro atoms. The molecule has 1 aliphatic rings. The zero-order valence-electron chi connectivity index (χ0n) is 9.88. The highest BCUT2D eigenvalue weighted by Gasteiger charge is 2.24. The van der Waals surface area contributed by atoms with E-state index in [9.17, 15) is 0 Å². The van der Waals surface area contributed by atoms with Crippen molar-refractivity contribution in [3.63, 3.8) is 0 Å². The molecule has 0 fully saturated rings. The van der Waals surface area contributed by atoms with Gasteiger partial charge in [0.05, 0.1) is 11.4 Å². The van der Waals surface area contributed by atoms with Gasteiger partial charge in [-0.05, 0) is 39.3 Å². The third-order valence-electron chi connectivity index (χ3n) is 2.88. The van der Waals surface area contributed by atoms with E-state index in [0.717, 1.165) is 13.1 Å². The molecule has 82 valence electrons. The van der Waals surface area contributed by atoms with Gasteiger partial charge in [-0.3, -0.25) is 0 Å². The normalized spacial score (nSPS) is 16.6. The molecular weight excluding hydrogens is 184 g/mol. The van der Waals surface area contributed by atoms with Gasteiger partial charge in [-0.15, -0.1) is 0 Å². The van der Waals surface area contributed by atoms with Gasteiger partial charge >= 0.3 is 0 Å². The second kappa shape index (κ2) is 3.76. The molecular formula is C13H20N2. The Morgan fingerprint density at radius 3 is 2.67 bits per heavy atom. The molecule has 1 heterocycles. The van der Waals surface area contributed by atoms with Crippen LogP contribution in [0.1, 0.15) is 27.2 Å². The molecule has 0 aromatic heterocycles. The molecule has 0 radical (unpaired) electrons. The first-order chi connectivity index (χ1) is 7.09. The zero-order valence-corrected chi connectivity index (χ0v) is 9.88. The van der Waals surface area contributed by atoms with Gasteiger partial charge in [0.2, 0.25) is 0 Å². The number of nitrogens with one attached hydrogen (secondary N) is 1. The fraction of sp³-hybridized carbons (Fsp3) is 0.538. The summed E-state index contributed by atoms with van der Waals surface area (Å²) in [4.78, 5) is 2.49. The maximum Gasteiger partial charge on any atom is 0.0606 e. The number of hydrogen-bond donors (Lipinski definition) is 1. The Kier molecular flexibility index (Phi) is 2.59. The number of nitrogens with zero attached hydrogens (tertiary/aromatic N) is 1. The molecule has 0 saturated heterocycles. The molecule has 2 rings (SSSR count). The highest BCUT2D eigenvalue weighted by molar-refractivity contribution is 5.71. The molecule has 1 aromatic rings. The summed E-state index contributed by atoms with van der Waals surface area (Å²) in [7, 11) is 0. The van der Waals surface area contributed by atoms with Gasteiger partial charge in [0.25, 0.3) is 0 Å². The van der Waals surface area contributed by atoms with Crippen molar-refractivity contribution in [1.82, 2.24) is 0 Å². The largest absolute Gasteiger partial charge is 0.383 e. The highest BCUT2D eigenvalue weighted by Crippen LogP contribution is 2.32.